The van der Waals surface area contributed by atoms with Crippen molar-refractivity contribution in [2.75, 3.05) is 0 Å². The number of benzene rings is 5. The fraction of sp³-hybridized carbons (Fsp3) is 0. The predicted molar refractivity (Wildman–Crippen MR) is 187 cm³/mol. The zero-order valence-corrected chi connectivity index (χ0v) is 25.1. The number of hydrogen-bond donors (Lipinski definition) is 0. The van der Waals surface area contributed by atoms with E-state index in [0.29, 0.717) is 17.5 Å². The van der Waals surface area contributed by atoms with E-state index in [1.807, 2.05) is 116 Å². The van der Waals surface area contributed by atoms with Crippen LogP contribution in [0.3, 0.4) is 0 Å². The molecule has 0 bridgehead atoms. The molecule has 0 unspecified atom stereocenters. The van der Waals surface area contributed by atoms with Gasteiger partial charge in [-0.2, -0.15) is 0 Å². The van der Waals surface area contributed by atoms with Gasteiger partial charge in [0.15, 0.2) is 23.1 Å². The van der Waals surface area contributed by atoms with E-state index in [-0.39, 0.29) is 0 Å². The van der Waals surface area contributed by atoms with Gasteiger partial charge < -0.3 is 4.42 Å². The lowest BCUT2D eigenvalue weighted by molar-refractivity contribution is 0.668. The molecule has 0 aliphatic rings. The van der Waals surface area contributed by atoms with Gasteiger partial charge in [0, 0.05) is 50.8 Å². The van der Waals surface area contributed by atoms with E-state index in [4.69, 9.17) is 29.3 Å². The summed E-state index contributed by atoms with van der Waals surface area (Å²) in [6, 6.07) is 46.8. The van der Waals surface area contributed by atoms with Crippen LogP contribution in [0, 0.1) is 0 Å². The van der Waals surface area contributed by atoms with Crippen molar-refractivity contribution < 1.29 is 4.42 Å². The quantitative estimate of drug-likeness (QED) is 0.195. The van der Waals surface area contributed by atoms with Crippen LogP contribution in [0.15, 0.2) is 156 Å². The molecule has 0 aliphatic heterocycles. The number of nitrogens with zero attached hydrogens (tertiary/aromatic N) is 5. The molecule has 0 radical (unpaired) electrons. The maximum Gasteiger partial charge on any atom is 0.164 e. The average Bonchev–Trinajstić information content (AvgIpc) is 3.54. The van der Waals surface area contributed by atoms with Crippen LogP contribution < -0.4 is 0 Å². The minimum Gasteiger partial charge on any atom is -0.454 e. The monoisotopic (exact) mass is 603 g/mol. The molecule has 9 rings (SSSR count). The predicted octanol–water partition coefficient (Wildman–Crippen LogP) is 10.0. The van der Waals surface area contributed by atoms with Gasteiger partial charge in [0.2, 0.25) is 0 Å². The second kappa shape index (κ2) is 11.1. The number of furan rings is 1. The molecule has 0 atom stereocenters. The molecule has 0 spiro atoms. The van der Waals surface area contributed by atoms with Crippen molar-refractivity contribution in [2.45, 2.75) is 0 Å². The second-order valence-corrected chi connectivity index (χ2v) is 11.4. The van der Waals surface area contributed by atoms with E-state index >= 15 is 0 Å². The lowest BCUT2D eigenvalue weighted by Gasteiger charge is -2.12. The third kappa shape index (κ3) is 4.80. The van der Waals surface area contributed by atoms with Crippen molar-refractivity contribution in [3.05, 3.63) is 152 Å². The first-order valence-electron chi connectivity index (χ1n) is 15.4. The van der Waals surface area contributed by atoms with Gasteiger partial charge in [-0.25, -0.2) is 15.0 Å². The fourth-order valence-corrected chi connectivity index (χ4v) is 6.16. The second-order valence-electron chi connectivity index (χ2n) is 11.4. The summed E-state index contributed by atoms with van der Waals surface area (Å²) < 4.78 is 6.39. The summed E-state index contributed by atoms with van der Waals surface area (Å²) in [4.78, 5) is 24.4. The first kappa shape index (κ1) is 26.8. The van der Waals surface area contributed by atoms with Crippen LogP contribution >= 0.6 is 0 Å². The van der Waals surface area contributed by atoms with E-state index < -0.39 is 0 Å². The molecule has 47 heavy (non-hydrogen) atoms. The maximum atomic E-state index is 6.39. The first-order chi connectivity index (χ1) is 23.3. The average molecular weight is 604 g/mol. The minimum absolute atomic E-state index is 0.607. The third-order valence-corrected chi connectivity index (χ3v) is 8.41. The largest absolute Gasteiger partial charge is 0.454 e. The Balaban J connectivity index is 1.22. The molecule has 4 aromatic heterocycles. The Hall–Kier alpha value is -6.53. The van der Waals surface area contributed by atoms with E-state index in [1.165, 1.54) is 0 Å². The highest BCUT2D eigenvalue weighted by molar-refractivity contribution is 6.11. The molecule has 9 aromatic rings. The Morgan fingerprint density at radius 2 is 1.09 bits per heavy atom. The Bertz CT molecular complexity index is 2520. The summed E-state index contributed by atoms with van der Waals surface area (Å²) >= 11 is 0. The smallest absolute Gasteiger partial charge is 0.164 e. The highest BCUT2D eigenvalue weighted by atomic mass is 16.3. The number of para-hydroxylation sites is 1. The number of hydrogen-bond acceptors (Lipinski definition) is 6. The molecule has 0 fully saturated rings. The third-order valence-electron chi connectivity index (χ3n) is 8.41. The lowest BCUT2D eigenvalue weighted by atomic mass is 9.96. The van der Waals surface area contributed by atoms with Gasteiger partial charge in [0.25, 0.3) is 0 Å². The van der Waals surface area contributed by atoms with E-state index in [2.05, 4.69) is 36.4 Å². The van der Waals surface area contributed by atoms with E-state index in [1.54, 1.807) is 0 Å². The summed E-state index contributed by atoms with van der Waals surface area (Å²) in [6.45, 7) is 0. The van der Waals surface area contributed by atoms with E-state index in [9.17, 15) is 0 Å². The molecule has 6 nitrogen and oxygen atoms in total. The summed E-state index contributed by atoms with van der Waals surface area (Å²) in [5, 5.41) is 3.10. The molecule has 6 heteroatoms. The van der Waals surface area contributed by atoms with Gasteiger partial charge >= 0.3 is 0 Å². The molecular weight excluding hydrogens is 578 g/mol. The number of aromatic nitrogens is 5. The van der Waals surface area contributed by atoms with Gasteiger partial charge in [0.1, 0.15) is 11.3 Å². The lowest BCUT2D eigenvalue weighted by Crippen LogP contribution is -2.00. The molecule has 0 aliphatic carbocycles. The molecule has 0 amide bonds. The molecule has 0 N–H and O–H groups in total. The minimum atomic E-state index is 0.607. The molecular formula is C41H25N5O. The summed E-state index contributed by atoms with van der Waals surface area (Å²) in [6.07, 6.45) is 3.66. The van der Waals surface area contributed by atoms with Crippen LogP contribution in [0.25, 0.3) is 89.4 Å². The van der Waals surface area contributed by atoms with Gasteiger partial charge in [-0.1, -0.05) is 103 Å². The molecule has 4 heterocycles. The number of fused-ring (bicyclic) bond motifs is 4. The van der Waals surface area contributed by atoms with Crippen LogP contribution in [0.5, 0.6) is 0 Å². The Labute approximate surface area is 270 Å². The Kier molecular flexibility index (Phi) is 6.35. The van der Waals surface area contributed by atoms with Crippen LogP contribution in [0.1, 0.15) is 0 Å². The van der Waals surface area contributed by atoms with Crippen LogP contribution in [-0.4, -0.2) is 24.9 Å². The standard InChI is InChI=1S/C41H25N5O/c1-3-11-26(12-4-1)39-44-40(27-13-5-2-6-14-27)46-41(45-39)30-16-9-15-28(23-30)31-24-29-17-10-21-42-36(29)34(25-31)37-38-33(20-22-43-37)32-18-7-8-19-35(32)47-38/h1-25H. The van der Waals surface area contributed by atoms with Crippen molar-refractivity contribution in [3.63, 3.8) is 0 Å². The normalized spacial score (nSPS) is 11.4. The number of pyridine rings is 2. The summed E-state index contributed by atoms with van der Waals surface area (Å²) in [5.74, 6) is 1.86. The van der Waals surface area contributed by atoms with Gasteiger partial charge in [-0.15, -0.1) is 0 Å². The van der Waals surface area contributed by atoms with Crippen LogP contribution in [0.4, 0.5) is 0 Å². The zero-order chi connectivity index (χ0) is 31.2. The molecule has 220 valence electrons. The first-order valence-corrected chi connectivity index (χ1v) is 15.4. The number of rotatable bonds is 5. The maximum absolute atomic E-state index is 6.39. The van der Waals surface area contributed by atoms with Gasteiger partial charge in [-0.3, -0.25) is 9.97 Å². The summed E-state index contributed by atoms with van der Waals surface area (Å²) in [5.41, 5.74) is 8.93. The SMILES string of the molecule is c1ccc(-c2nc(-c3ccccc3)nc(-c3cccc(-c4cc(-c5nccc6c5oc5ccccc56)c5ncccc5c4)c3)n2)cc1. The fourth-order valence-electron chi connectivity index (χ4n) is 6.16. The van der Waals surface area contributed by atoms with Crippen molar-refractivity contribution >= 4 is 32.8 Å². The van der Waals surface area contributed by atoms with Gasteiger partial charge in [0.05, 0.1) is 5.52 Å². The van der Waals surface area contributed by atoms with Crippen LogP contribution in [0.2, 0.25) is 0 Å². The summed E-state index contributed by atoms with van der Waals surface area (Å²) in [7, 11) is 0. The zero-order valence-electron chi connectivity index (χ0n) is 25.1. The highest BCUT2D eigenvalue weighted by Gasteiger charge is 2.18. The Morgan fingerprint density at radius 3 is 1.85 bits per heavy atom. The van der Waals surface area contributed by atoms with Crippen molar-refractivity contribution in [3.8, 4) is 56.5 Å². The Morgan fingerprint density at radius 1 is 0.426 bits per heavy atom. The van der Waals surface area contributed by atoms with Crippen molar-refractivity contribution in [2.24, 2.45) is 0 Å². The van der Waals surface area contributed by atoms with Crippen molar-refractivity contribution in [1.29, 1.82) is 0 Å². The van der Waals surface area contributed by atoms with Crippen molar-refractivity contribution in [1.82, 2.24) is 24.9 Å². The van der Waals surface area contributed by atoms with Crippen LogP contribution in [-0.2, 0) is 0 Å². The highest BCUT2D eigenvalue weighted by Crippen LogP contribution is 2.39. The van der Waals surface area contributed by atoms with Gasteiger partial charge in [-0.05, 0) is 47.5 Å². The molecule has 5 aromatic carbocycles. The van der Waals surface area contributed by atoms with E-state index in [0.717, 1.165) is 71.9 Å². The topological polar surface area (TPSA) is 77.6 Å². The molecule has 0 saturated carbocycles. The molecule has 0 saturated heterocycles.